The van der Waals surface area contributed by atoms with Crippen LogP contribution in [0, 0.1) is 0 Å². The van der Waals surface area contributed by atoms with E-state index in [1.54, 1.807) is 0 Å². The summed E-state index contributed by atoms with van der Waals surface area (Å²) in [6.45, 7) is 0.188. The lowest BCUT2D eigenvalue weighted by Gasteiger charge is -2.08. The van der Waals surface area contributed by atoms with Crippen molar-refractivity contribution in [3.63, 3.8) is 0 Å². The number of nitrogens with one attached hydrogen (secondary N) is 2. The molecule has 3 rings (SSSR count). The van der Waals surface area contributed by atoms with Gasteiger partial charge in [0.2, 0.25) is 10.0 Å². The van der Waals surface area contributed by atoms with Crippen molar-refractivity contribution < 1.29 is 8.42 Å². The van der Waals surface area contributed by atoms with Crippen molar-refractivity contribution in [1.29, 1.82) is 0 Å². The molecule has 0 bridgehead atoms. The Bertz CT molecular complexity index is 915. The van der Waals surface area contributed by atoms with E-state index in [9.17, 15) is 8.42 Å². The third kappa shape index (κ3) is 3.28. The summed E-state index contributed by atoms with van der Waals surface area (Å²) in [4.78, 5) is 3.14. The van der Waals surface area contributed by atoms with Crippen molar-refractivity contribution in [2.75, 3.05) is 0 Å². The number of H-pyrrole nitrogens is 1. The summed E-state index contributed by atoms with van der Waals surface area (Å²) < 4.78 is 27.1. The molecule has 3 aromatic rings. The summed E-state index contributed by atoms with van der Waals surface area (Å²) in [7, 11) is -3.67. The Kier molecular flexibility index (Phi) is 4.14. The van der Waals surface area contributed by atoms with Gasteiger partial charge in [-0.1, -0.05) is 29.3 Å². The maximum absolute atomic E-state index is 12.3. The van der Waals surface area contributed by atoms with Crippen molar-refractivity contribution in [2.24, 2.45) is 0 Å². The molecule has 114 valence electrons. The van der Waals surface area contributed by atoms with Crippen LogP contribution in [-0.2, 0) is 16.6 Å². The van der Waals surface area contributed by atoms with E-state index in [4.69, 9.17) is 23.2 Å². The molecule has 2 N–H and O–H groups in total. The van der Waals surface area contributed by atoms with Crippen molar-refractivity contribution in [2.45, 2.75) is 11.4 Å². The molecular weight excluding hydrogens is 343 g/mol. The fourth-order valence-electron chi connectivity index (χ4n) is 2.16. The van der Waals surface area contributed by atoms with Crippen LogP contribution < -0.4 is 4.72 Å². The number of sulfonamides is 1. The second-order valence-corrected chi connectivity index (χ2v) is 7.47. The number of hydrogen-bond donors (Lipinski definition) is 2. The fraction of sp³-hybridized carbons (Fsp3) is 0.0667. The number of aromatic nitrogens is 1. The van der Waals surface area contributed by atoms with Gasteiger partial charge in [-0.05, 0) is 47.3 Å². The van der Waals surface area contributed by atoms with E-state index in [1.165, 1.54) is 18.2 Å². The fourth-order valence-corrected chi connectivity index (χ4v) is 3.90. The third-order valence-electron chi connectivity index (χ3n) is 3.23. The van der Waals surface area contributed by atoms with Crippen molar-refractivity contribution in [3.05, 3.63) is 64.3 Å². The number of fused-ring (bicyclic) bond motifs is 1. The maximum atomic E-state index is 12.3. The molecule has 0 spiro atoms. The zero-order valence-corrected chi connectivity index (χ0v) is 13.6. The minimum absolute atomic E-state index is 0.0488. The zero-order chi connectivity index (χ0) is 15.7. The smallest absolute Gasteiger partial charge is 0.240 e. The van der Waals surface area contributed by atoms with E-state index in [2.05, 4.69) is 9.71 Å². The summed E-state index contributed by atoms with van der Waals surface area (Å²) in [5.41, 5.74) is 1.87. The van der Waals surface area contributed by atoms with Crippen molar-refractivity contribution in [1.82, 2.24) is 9.71 Å². The van der Waals surface area contributed by atoms with Gasteiger partial charge in [0.1, 0.15) is 0 Å². The van der Waals surface area contributed by atoms with Crippen LogP contribution in [0.5, 0.6) is 0 Å². The van der Waals surface area contributed by atoms with E-state index in [-0.39, 0.29) is 21.5 Å². The number of rotatable bonds is 4. The van der Waals surface area contributed by atoms with Gasteiger partial charge in [-0.25, -0.2) is 13.1 Å². The van der Waals surface area contributed by atoms with E-state index >= 15 is 0 Å². The largest absolute Gasteiger partial charge is 0.361 e. The summed E-state index contributed by atoms with van der Waals surface area (Å²) in [6, 6.07) is 11.9. The Hall–Kier alpha value is -1.53. The molecule has 0 aliphatic heterocycles. The van der Waals surface area contributed by atoms with Crippen LogP contribution in [0.1, 0.15) is 5.56 Å². The predicted molar refractivity (Wildman–Crippen MR) is 88.8 cm³/mol. The highest BCUT2D eigenvalue weighted by Gasteiger charge is 2.15. The standard InChI is InChI=1S/C15H12Cl2N2O2S/c16-12-6-13(17)8-14(7-12)22(20,21)19-9-10-1-2-15-11(5-10)3-4-18-15/h1-8,18-19H,9H2. The maximum Gasteiger partial charge on any atom is 0.240 e. The molecule has 0 aliphatic rings. The summed E-state index contributed by atoms with van der Waals surface area (Å²) >= 11 is 11.7. The van der Waals surface area contributed by atoms with Gasteiger partial charge >= 0.3 is 0 Å². The first-order valence-corrected chi connectivity index (χ1v) is 8.70. The summed E-state index contributed by atoms with van der Waals surface area (Å²) in [5, 5.41) is 1.59. The zero-order valence-electron chi connectivity index (χ0n) is 11.3. The van der Waals surface area contributed by atoms with Crippen LogP contribution in [0.3, 0.4) is 0 Å². The van der Waals surface area contributed by atoms with Gasteiger partial charge < -0.3 is 4.98 Å². The van der Waals surface area contributed by atoms with E-state index in [0.717, 1.165) is 16.5 Å². The number of benzene rings is 2. The lowest BCUT2D eigenvalue weighted by Crippen LogP contribution is -2.23. The highest BCUT2D eigenvalue weighted by atomic mass is 35.5. The van der Waals surface area contributed by atoms with Gasteiger partial charge in [0, 0.05) is 28.3 Å². The minimum Gasteiger partial charge on any atom is -0.361 e. The van der Waals surface area contributed by atoms with Gasteiger partial charge in [-0.15, -0.1) is 0 Å². The molecule has 2 aromatic carbocycles. The molecule has 1 aromatic heterocycles. The highest BCUT2D eigenvalue weighted by molar-refractivity contribution is 7.89. The number of aromatic amines is 1. The molecule has 1 heterocycles. The first-order valence-electron chi connectivity index (χ1n) is 6.46. The number of halogens is 2. The molecule has 0 amide bonds. The number of hydrogen-bond acceptors (Lipinski definition) is 2. The molecule has 0 unspecified atom stereocenters. The van der Waals surface area contributed by atoms with E-state index in [0.29, 0.717) is 0 Å². The molecule has 0 saturated carbocycles. The Labute approximate surface area is 138 Å². The van der Waals surface area contributed by atoms with Crippen LogP contribution >= 0.6 is 23.2 Å². The van der Waals surface area contributed by atoms with Crippen LogP contribution in [-0.4, -0.2) is 13.4 Å². The van der Waals surface area contributed by atoms with Crippen LogP contribution in [0.2, 0.25) is 10.0 Å². The molecule has 0 aliphatic carbocycles. The molecular formula is C15H12Cl2N2O2S. The topological polar surface area (TPSA) is 62.0 Å². The molecule has 22 heavy (non-hydrogen) atoms. The average molecular weight is 355 g/mol. The quantitative estimate of drug-likeness (QED) is 0.744. The van der Waals surface area contributed by atoms with Gasteiger partial charge in [0.05, 0.1) is 4.90 Å². The minimum atomic E-state index is -3.67. The highest BCUT2D eigenvalue weighted by Crippen LogP contribution is 2.22. The lowest BCUT2D eigenvalue weighted by molar-refractivity contribution is 0.581. The molecule has 4 nitrogen and oxygen atoms in total. The SMILES string of the molecule is O=S(=O)(NCc1ccc2[nH]ccc2c1)c1cc(Cl)cc(Cl)c1. The lowest BCUT2D eigenvalue weighted by atomic mass is 10.1. The summed E-state index contributed by atoms with van der Waals surface area (Å²) in [6.07, 6.45) is 1.84. The monoisotopic (exact) mass is 354 g/mol. The first kappa shape index (κ1) is 15.4. The van der Waals surface area contributed by atoms with Crippen molar-refractivity contribution in [3.8, 4) is 0 Å². The van der Waals surface area contributed by atoms with E-state index in [1.807, 2.05) is 30.5 Å². The third-order valence-corrected chi connectivity index (χ3v) is 5.05. The molecule has 0 saturated heterocycles. The van der Waals surface area contributed by atoms with Crippen LogP contribution in [0.25, 0.3) is 10.9 Å². The Balaban J connectivity index is 1.82. The summed E-state index contributed by atoms with van der Waals surface area (Å²) in [5.74, 6) is 0. The van der Waals surface area contributed by atoms with Crippen LogP contribution in [0.15, 0.2) is 53.6 Å². The Morgan fingerprint density at radius 1 is 1.00 bits per heavy atom. The second-order valence-electron chi connectivity index (χ2n) is 4.83. The first-order chi connectivity index (χ1) is 10.4. The Morgan fingerprint density at radius 3 is 2.45 bits per heavy atom. The Morgan fingerprint density at radius 2 is 1.73 bits per heavy atom. The normalized spacial score (nSPS) is 11.9. The second kappa shape index (κ2) is 5.93. The van der Waals surface area contributed by atoms with Gasteiger partial charge in [-0.3, -0.25) is 0 Å². The van der Waals surface area contributed by atoms with E-state index < -0.39 is 10.0 Å². The van der Waals surface area contributed by atoms with Gasteiger partial charge in [0.15, 0.2) is 0 Å². The molecule has 7 heteroatoms. The van der Waals surface area contributed by atoms with Crippen LogP contribution in [0.4, 0.5) is 0 Å². The van der Waals surface area contributed by atoms with Crippen molar-refractivity contribution >= 4 is 44.1 Å². The van der Waals surface area contributed by atoms with Gasteiger partial charge in [-0.2, -0.15) is 0 Å². The average Bonchev–Trinajstić information content (AvgIpc) is 2.91. The molecule has 0 fully saturated rings. The molecule has 0 atom stereocenters. The van der Waals surface area contributed by atoms with Gasteiger partial charge in [0.25, 0.3) is 0 Å². The molecule has 0 radical (unpaired) electrons. The predicted octanol–water partition coefficient (Wildman–Crippen LogP) is 3.95.